The number of hydrogen-bond donors (Lipinski definition) is 0. The highest BCUT2D eigenvalue weighted by molar-refractivity contribution is 5.69. The summed E-state index contributed by atoms with van der Waals surface area (Å²) in [5.41, 5.74) is 2.40. The fraction of sp³-hybridized carbons (Fsp3) is 0.500. The van der Waals surface area contributed by atoms with Gasteiger partial charge in [0.2, 0.25) is 0 Å². The molecule has 4 rings (SSSR count). The van der Waals surface area contributed by atoms with Gasteiger partial charge in [0.25, 0.3) is 0 Å². The van der Waals surface area contributed by atoms with Gasteiger partial charge in [-0.1, -0.05) is 31.4 Å². The second kappa shape index (κ2) is 5.49. The normalized spacial score (nSPS) is 22.4. The number of hydrogen-bond acceptors (Lipinski definition) is 1. The molecule has 1 aromatic heterocycles. The van der Waals surface area contributed by atoms with Crippen LogP contribution in [0.25, 0.3) is 11.3 Å². The van der Waals surface area contributed by atoms with E-state index in [1.807, 2.05) is 10.6 Å². The molecular formula is C18H20F2N2. The summed E-state index contributed by atoms with van der Waals surface area (Å²) in [7, 11) is 0. The third-order valence-electron chi connectivity index (χ3n) is 5.27. The van der Waals surface area contributed by atoms with E-state index in [1.54, 1.807) is 18.6 Å². The Labute approximate surface area is 129 Å². The zero-order valence-corrected chi connectivity index (χ0v) is 12.5. The van der Waals surface area contributed by atoms with Gasteiger partial charge < -0.3 is 4.57 Å². The number of rotatable bonds is 3. The molecule has 2 aromatic rings. The maximum Gasteiger partial charge on any atom is 0.129 e. The molecule has 0 amide bonds. The van der Waals surface area contributed by atoms with Crippen LogP contribution in [0.3, 0.4) is 0 Å². The van der Waals surface area contributed by atoms with Crippen molar-refractivity contribution in [2.75, 3.05) is 0 Å². The van der Waals surface area contributed by atoms with E-state index in [2.05, 4.69) is 4.98 Å². The van der Waals surface area contributed by atoms with Crippen LogP contribution in [0.1, 0.15) is 50.1 Å². The minimum atomic E-state index is -0.869. The van der Waals surface area contributed by atoms with Crippen molar-refractivity contribution >= 4 is 0 Å². The number of benzene rings is 1. The highest BCUT2D eigenvalue weighted by atomic mass is 19.1. The van der Waals surface area contributed by atoms with Crippen LogP contribution in [0.5, 0.6) is 0 Å². The molecule has 0 bridgehead atoms. The van der Waals surface area contributed by atoms with Crippen LogP contribution >= 0.6 is 0 Å². The topological polar surface area (TPSA) is 17.8 Å². The van der Waals surface area contributed by atoms with E-state index >= 15 is 0 Å². The molecule has 2 atom stereocenters. The molecule has 0 unspecified atom stereocenters. The van der Waals surface area contributed by atoms with Crippen molar-refractivity contribution in [3.8, 4) is 11.3 Å². The Bertz CT molecular complexity index is 673. The van der Waals surface area contributed by atoms with Crippen molar-refractivity contribution in [1.29, 1.82) is 0 Å². The molecule has 0 radical (unpaired) electrons. The first-order valence-electron chi connectivity index (χ1n) is 8.20. The van der Waals surface area contributed by atoms with Gasteiger partial charge in [-0.3, -0.25) is 0 Å². The Balaban J connectivity index is 1.65. The first-order valence-corrected chi connectivity index (χ1v) is 8.20. The standard InChI is InChI=1S/C18H20F2N2/c19-14-8-4-7-13-17-10-21-11-22(17)16(18(13)14)9-15(20)12-5-2-1-3-6-12/h4,7-8,10-12,15-16H,1-3,5-6,9H2/t15-,16-/m1/s1. The number of fused-ring (bicyclic) bond motifs is 3. The molecule has 4 heteroatoms. The Hall–Kier alpha value is -1.71. The Morgan fingerprint density at radius 1 is 1.23 bits per heavy atom. The van der Waals surface area contributed by atoms with E-state index in [-0.39, 0.29) is 17.8 Å². The monoisotopic (exact) mass is 302 g/mol. The van der Waals surface area contributed by atoms with E-state index < -0.39 is 6.17 Å². The van der Waals surface area contributed by atoms with Gasteiger partial charge in [0, 0.05) is 17.5 Å². The molecular weight excluding hydrogens is 282 g/mol. The van der Waals surface area contributed by atoms with Crippen molar-refractivity contribution in [3.63, 3.8) is 0 Å². The molecule has 22 heavy (non-hydrogen) atoms. The number of alkyl halides is 1. The van der Waals surface area contributed by atoms with Gasteiger partial charge in [0.1, 0.15) is 12.0 Å². The summed E-state index contributed by atoms with van der Waals surface area (Å²) in [4.78, 5) is 4.16. The highest BCUT2D eigenvalue weighted by Gasteiger charge is 2.35. The van der Waals surface area contributed by atoms with Gasteiger partial charge >= 0.3 is 0 Å². The van der Waals surface area contributed by atoms with Crippen molar-refractivity contribution in [2.24, 2.45) is 5.92 Å². The average molecular weight is 302 g/mol. The molecule has 0 saturated heterocycles. The largest absolute Gasteiger partial charge is 0.323 e. The second-order valence-electron chi connectivity index (χ2n) is 6.55. The molecule has 116 valence electrons. The lowest BCUT2D eigenvalue weighted by Gasteiger charge is -2.27. The molecule has 1 fully saturated rings. The van der Waals surface area contributed by atoms with Crippen molar-refractivity contribution in [1.82, 2.24) is 9.55 Å². The van der Waals surface area contributed by atoms with E-state index in [4.69, 9.17) is 0 Å². The third-order valence-corrected chi connectivity index (χ3v) is 5.27. The molecule has 2 nitrogen and oxygen atoms in total. The zero-order valence-electron chi connectivity index (χ0n) is 12.5. The summed E-state index contributed by atoms with van der Waals surface area (Å²) in [6, 6.07) is 4.83. The molecule has 1 saturated carbocycles. The summed E-state index contributed by atoms with van der Waals surface area (Å²) >= 11 is 0. The van der Waals surface area contributed by atoms with Crippen molar-refractivity contribution in [2.45, 2.75) is 50.7 Å². The van der Waals surface area contributed by atoms with Crippen LogP contribution in [-0.4, -0.2) is 15.7 Å². The SMILES string of the molecule is Fc1cccc2c1[C@@H](C[C@@H](F)C1CCCCC1)n1cncc1-2. The molecule has 1 aliphatic carbocycles. The van der Waals surface area contributed by atoms with Crippen LogP contribution in [-0.2, 0) is 0 Å². The first kappa shape index (κ1) is 13.9. The van der Waals surface area contributed by atoms with Crippen LogP contribution in [0, 0.1) is 11.7 Å². The minimum absolute atomic E-state index is 0.136. The summed E-state index contributed by atoms with van der Waals surface area (Å²) < 4.78 is 31.1. The lowest BCUT2D eigenvalue weighted by atomic mass is 9.83. The minimum Gasteiger partial charge on any atom is -0.323 e. The van der Waals surface area contributed by atoms with Gasteiger partial charge in [-0.2, -0.15) is 0 Å². The van der Waals surface area contributed by atoms with Gasteiger partial charge in [0.05, 0.1) is 24.3 Å². The number of nitrogens with zero attached hydrogens (tertiary/aromatic N) is 2. The molecule has 0 spiro atoms. The van der Waals surface area contributed by atoms with Gasteiger partial charge in [-0.15, -0.1) is 0 Å². The van der Waals surface area contributed by atoms with Crippen LogP contribution in [0.15, 0.2) is 30.7 Å². The summed E-state index contributed by atoms with van der Waals surface area (Å²) in [6.07, 6.45) is 8.32. The first-order chi connectivity index (χ1) is 10.8. The number of aromatic nitrogens is 2. The maximum absolute atomic E-state index is 14.8. The number of halogens is 2. The predicted molar refractivity (Wildman–Crippen MR) is 81.8 cm³/mol. The molecule has 2 aliphatic rings. The lowest BCUT2D eigenvalue weighted by molar-refractivity contribution is 0.158. The smallest absolute Gasteiger partial charge is 0.129 e. The molecule has 1 aliphatic heterocycles. The Morgan fingerprint density at radius 2 is 2.05 bits per heavy atom. The quantitative estimate of drug-likeness (QED) is 0.788. The lowest BCUT2D eigenvalue weighted by Crippen LogP contribution is -2.23. The van der Waals surface area contributed by atoms with Crippen LogP contribution < -0.4 is 0 Å². The third kappa shape index (κ3) is 2.16. The average Bonchev–Trinajstić information content (AvgIpc) is 3.12. The van der Waals surface area contributed by atoms with Crippen molar-refractivity contribution < 1.29 is 8.78 Å². The van der Waals surface area contributed by atoms with E-state index in [9.17, 15) is 8.78 Å². The number of imidazole rings is 1. The predicted octanol–water partition coefficient (Wildman–Crippen LogP) is 4.90. The van der Waals surface area contributed by atoms with Crippen LogP contribution in [0.4, 0.5) is 8.78 Å². The summed E-state index contributed by atoms with van der Waals surface area (Å²) in [6.45, 7) is 0. The van der Waals surface area contributed by atoms with E-state index in [0.717, 1.165) is 36.9 Å². The van der Waals surface area contributed by atoms with E-state index in [0.29, 0.717) is 12.0 Å². The zero-order chi connectivity index (χ0) is 15.1. The summed E-state index contributed by atoms with van der Waals surface area (Å²) in [5, 5.41) is 0. The molecule has 2 heterocycles. The van der Waals surface area contributed by atoms with E-state index in [1.165, 1.54) is 12.5 Å². The second-order valence-corrected chi connectivity index (χ2v) is 6.55. The molecule has 1 aromatic carbocycles. The maximum atomic E-state index is 14.8. The van der Waals surface area contributed by atoms with Crippen LogP contribution in [0.2, 0.25) is 0 Å². The van der Waals surface area contributed by atoms with Gasteiger partial charge in [-0.25, -0.2) is 13.8 Å². The summed E-state index contributed by atoms with van der Waals surface area (Å²) in [5.74, 6) is -0.0985. The van der Waals surface area contributed by atoms with Gasteiger partial charge in [-0.05, 0) is 24.8 Å². The molecule has 0 N–H and O–H groups in total. The van der Waals surface area contributed by atoms with Crippen molar-refractivity contribution in [3.05, 3.63) is 42.1 Å². The Kier molecular flexibility index (Phi) is 3.47. The fourth-order valence-electron chi connectivity index (χ4n) is 4.13. The fourth-order valence-corrected chi connectivity index (χ4v) is 4.13. The van der Waals surface area contributed by atoms with Gasteiger partial charge in [0.15, 0.2) is 0 Å². The highest BCUT2D eigenvalue weighted by Crippen LogP contribution is 2.44. The Morgan fingerprint density at radius 3 is 2.86 bits per heavy atom.